The average molecular weight is 342 g/mol. The van der Waals surface area contributed by atoms with Gasteiger partial charge in [0.25, 0.3) is 5.91 Å². The predicted octanol–water partition coefficient (Wildman–Crippen LogP) is 3.72. The quantitative estimate of drug-likeness (QED) is 0.705. The number of fused-ring (bicyclic) bond motifs is 1. The van der Waals surface area contributed by atoms with Crippen LogP contribution in [0.2, 0.25) is 0 Å². The molecular formula is C20H26N2O3. The van der Waals surface area contributed by atoms with Crippen LogP contribution in [0.3, 0.4) is 0 Å². The van der Waals surface area contributed by atoms with Gasteiger partial charge in [-0.05, 0) is 24.5 Å². The van der Waals surface area contributed by atoms with E-state index in [0.717, 1.165) is 31.1 Å². The zero-order chi connectivity index (χ0) is 18.1. The summed E-state index contributed by atoms with van der Waals surface area (Å²) in [5, 5.41) is 3.72. The number of hydrogen-bond acceptors (Lipinski definition) is 4. The van der Waals surface area contributed by atoms with Crippen LogP contribution in [-0.2, 0) is 9.53 Å². The maximum Gasteiger partial charge on any atom is 0.340 e. The average Bonchev–Trinajstić information content (AvgIpc) is 2.65. The standard InChI is InChI=1S/C20H26N2O3/c1-3-5-8-15(4-2)13-22-18(23)14-25-20(24)17-11-6-9-16-10-7-12-21-19(16)17/h6-7,9-12,15H,3-5,8,13-14H2,1-2H3,(H,22,23)/t15-/m0/s1. The van der Waals surface area contributed by atoms with E-state index in [1.807, 2.05) is 18.2 Å². The van der Waals surface area contributed by atoms with Gasteiger partial charge in [0.05, 0.1) is 11.1 Å². The Bertz CT molecular complexity index is 710. The molecule has 0 fully saturated rings. The van der Waals surface area contributed by atoms with Gasteiger partial charge >= 0.3 is 5.97 Å². The van der Waals surface area contributed by atoms with Gasteiger partial charge in [-0.3, -0.25) is 9.78 Å². The molecule has 1 aromatic carbocycles. The van der Waals surface area contributed by atoms with E-state index in [0.29, 0.717) is 23.5 Å². The van der Waals surface area contributed by atoms with Crippen molar-refractivity contribution in [2.75, 3.05) is 13.2 Å². The Kier molecular flexibility index (Phi) is 7.38. The third-order valence-electron chi connectivity index (χ3n) is 4.32. The Morgan fingerprint density at radius 2 is 2.00 bits per heavy atom. The molecule has 0 aliphatic rings. The van der Waals surface area contributed by atoms with Crippen LogP contribution < -0.4 is 5.32 Å². The van der Waals surface area contributed by atoms with E-state index in [9.17, 15) is 9.59 Å². The summed E-state index contributed by atoms with van der Waals surface area (Å²) in [5.74, 6) is -0.323. The molecule has 134 valence electrons. The van der Waals surface area contributed by atoms with Crippen molar-refractivity contribution >= 4 is 22.8 Å². The number of nitrogens with zero attached hydrogens (tertiary/aromatic N) is 1. The second-order valence-corrected chi connectivity index (χ2v) is 6.18. The molecule has 0 saturated heterocycles. The molecule has 2 rings (SSSR count). The fourth-order valence-corrected chi connectivity index (χ4v) is 2.73. The first-order valence-electron chi connectivity index (χ1n) is 8.93. The van der Waals surface area contributed by atoms with Gasteiger partial charge in [0.1, 0.15) is 0 Å². The van der Waals surface area contributed by atoms with E-state index >= 15 is 0 Å². The molecule has 1 aromatic heterocycles. The first-order chi connectivity index (χ1) is 12.2. The van der Waals surface area contributed by atoms with Crippen molar-refractivity contribution in [2.45, 2.75) is 39.5 Å². The van der Waals surface area contributed by atoms with Gasteiger partial charge in [-0.15, -0.1) is 0 Å². The fraction of sp³-hybridized carbons (Fsp3) is 0.450. The minimum Gasteiger partial charge on any atom is -0.452 e. The molecule has 1 heterocycles. The normalized spacial score (nSPS) is 11.9. The van der Waals surface area contributed by atoms with Crippen molar-refractivity contribution in [3.8, 4) is 0 Å². The van der Waals surface area contributed by atoms with Gasteiger partial charge in [-0.2, -0.15) is 0 Å². The van der Waals surface area contributed by atoms with Crippen molar-refractivity contribution in [1.82, 2.24) is 10.3 Å². The molecule has 25 heavy (non-hydrogen) atoms. The fourth-order valence-electron chi connectivity index (χ4n) is 2.73. The number of unbranched alkanes of at least 4 members (excludes halogenated alkanes) is 1. The Morgan fingerprint density at radius 3 is 2.76 bits per heavy atom. The van der Waals surface area contributed by atoms with E-state index < -0.39 is 5.97 Å². The summed E-state index contributed by atoms with van der Waals surface area (Å²) in [4.78, 5) is 28.4. The first-order valence-corrected chi connectivity index (χ1v) is 8.93. The Balaban J connectivity index is 1.85. The number of ether oxygens (including phenoxy) is 1. The van der Waals surface area contributed by atoms with Gasteiger partial charge < -0.3 is 10.1 Å². The number of para-hydroxylation sites is 1. The maximum absolute atomic E-state index is 12.3. The minimum absolute atomic E-state index is 0.267. The van der Waals surface area contributed by atoms with E-state index in [-0.39, 0.29) is 12.5 Å². The van der Waals surface area contributed by atoms with E-state index in [1.54, 1.807) is 18.3 Å². The van der Waals surface area contributed by atoms with Crippen LogP contribution in [0.25, 0.3) is 10.9 Å². The molecule has 0 bridgehead atoms. The zero-order valence-corrected chi connectivity index (χ0v) is 15.0. The molecule has 0 radical (unpaired) electrons. The van der Waals surface area contributed by atoms with Crippen molar-refractivity contribution in [1.29, 1.82) is 0 Å². The predicted molar refractivity (Wildman–Crippen MR) is 98.3 cm³/mol. The molecule has 0 saturated carbocycles. The smallest absolute Gasteiger partial charge is 0.340 e. The molecular weight excluding hydrogens is 316 g/mol. The minimum atomic E-state index is -0.530. The van der Waals surface area contributed by atoms with E-state index in [2.05, 4.69) is 24.1 Å². The van der Waals surface area contributed by atoms with E-state index in [1.165, 1.54) is 0 Å². The number of rotatable bonds is 9. The number of carbonyl (C=O) groups excluding carboxylic acids is 2. The topological polar surface area (TPSA) is 68.3 Å². The molecule has 2 aromatic rings. The third-order valence-corrected chi connectivity index (χ3v) is 4.32. The molecule has 0 unspecified atom stereocenters. The van der Waals surface area contributed by atoms with Crippen LogP contribution in [0.15, 0.2) is 36.5 Å². The van der Waals surface area contributed by atoms with Crippen LogP contribution in [0.5, 0.6) is 0 Å². The number of esters is 1. The van der Waals surface area contributed by atoms with Crippen LogP contribution in [-0.4, -0.2) is 30.0 Å². The number of hydrogen-bond donors (Lipinski definition) is 1. The number of pyridine rings is 1. The van der Waals surface area contributed by atoms with Crippen molar-refractivity contribution in [2.24, 2.45) is 5.92 Å². The monoisotopic (exact) mass is 342 g/mol. The molecule has 1 N–H and O–H groups in total. The highest BCUT2D eigenvalue weighted by Gasteiger charge is 2.14. The van der Waals surface area contributed by atoms with Gasteiger partial charge in [0, 0.05) is 18.1 Å². The summed E-state index contributed by atoms with van der Waals surface area (Å²) in [7, 11) is 0. The Hall–Kier alpha value is -2.43. The second-order valence-electron chi connectivity index (χ2n) is 6.18. The molecule has 1 amide bonds. The van der Waals surface area contributed by atoms with Crippen molar-refractivity contribution < 1.29 is 14.3 Å². The molecule has 5 heteroatoms. The van der Waals surface area contributed by atoms with E-state index in [4.69, 9.17) is 4.74 Å². The summed E-state index contributed by atoms with van der Waals surface area (Å²) in [6, 6.07) is 9.02. The molecule has 1 atom stereocenters. The molecule has 0 spiro atoms. The summed E-state index contributed by atoms with van der Waals surface area (Å²) < 4.78 is 5.15. The van der Waals surface area contributed by atoms with Crippen LogP contribution in [0.1, 0.15) is 49.9 Å². The lowest BCUT2D eigenvalue weighted by atomic mass is 9.99. The van der Waals surface area contributed by atoms with Crippen molar-refractivity contribution in [3.05, 3.63) is 42.1 Å². The lowest BCUT2D eigenvalue weighted by Gasteiger charge is -2.15. The Labute approximate surface area is 148 Å². The molecule has 0 aliphatic carbocycles. The number of amides is 1. The number of carbonyl (C=O) groups is 2. The Morgan fingerprint density at radius 1 is 1.20 bits per heavy atom. The highest BCUT2D eigenvalue weighted by molar-refractivity contribution is 6.03. The van der Waals surface area contributed by atoms with Crippen LogP contribution in [0, 0.1) is 5.92 Å². The van der Waals surface area contributed by atoms with Crippen LogP contribution >= 0.6 is 0 Å². The second kappa shape index (κ2) is 9.77. The summed E-state index contributed by atoms with van der Waals surface area (Å²) in [6.45, 7) is 4.64. The third kappa shape index (κ3) is 5.55. The molecule has 0 aliphatic heterocycles. The summed E-state index contributed by atoms with van der Waals surface area (Å²) >= 11 is 0. The highest BCUT2D eigenvalue weighted by atomic mass is 16.5. The van der Waals surface area contributed by atoms with Crippen molar-refractivity contribution in [3.63, 3.8) is 0 Å². The van der Waals surface area contributed by atoms with Gasteiger partial charge in [-0.1, -0.05) is 51.3 Å². The largest absolute Gasteiger partial charge is 0.452 e. The number of benzene rings is 1. The molecule has 5 nitrogen and oxygen atoms in total. The van der Waals surface area contributed by atoms with Gasteiger partial charge in [0.15, 0.2) is 6.61 Å². The van der Waals surface area contributed by atoms with Crippen LogP contribution in [0.4, 0.5) is 0 Å². The summed E-state index contributed by atoms with van der Waals surface area (Å²) in [5.41, 5.74) is 0.960. The SMILES string of the molecule is CCCC[C@H](CC)CNC(=O)COC(=O)c1cccc2cccnc12. The number of nitrogens with one attached hydrogen (secondary N) is 1. The summed E-state index contributed by atoms with van der Waals surface area (Å²) in [6.07, 6.45) is 6.09. The zero-order valence-electron chi connectivity index (χ0n) is 15.0. The van der Waals surface area contributed by atoms with Gasteiger partial charge in [-0.25, -0.2) is 4.79 Å². The first kappa shape index (κ1) is 18.9. The highest BCUT2D eigenvalue weighted by Crippen LogP contribution is 2.16. The lowest BCUT2D eigenvalue weighted by Crippen LogP contribution is -2.32. The maximum atomic E-state index is 12.3. The lowest BCUT2D eigenvalue weighted by molar-refractivity contribution is -0.124. The number of aromatic nitrogens is 1. The van der Waals surface area contributed by atoms with Gasteiger partial charge in [0.2, 0.25) is 0 Å².